The first kappa shape index (κ1) is 14.2. The summed E-state index contributed by atoms with van der Waals surface area (Å²) in [6, 6.07) is 8.27. The van der Waals surface area contributed by atoms with Crippen molar-refractivity contribution >= 4 is 5.78 Å². The van der Waals surface area contributed by atoms with Crippen molar-refractivity contribution in [3.8, 4) is 5.75 Å². The summed E-state index contributed by atoms with van der Waals surface area (Å²) in [7, 11) is 1.51. The lowest BCUT2D eigenvalue weighted by molar-refractivity contribution is 0.0991. The Morgan fingerprint density at radius 1 is 1.10 bits per heavy atom. The van der Waals surface area contributed by atoms with Crippen molar-refractivity contribution < 1.29 is 18.3 Å². The Balaban J connectivity index is 2.29. The SMILES string of the molecule is COc1ccc(C)cc1CC(=O)c1cc(F)cc(F)c1. The standard InChI is InChI=1S/C16H14F2O2/c1-10-3-4-16(20-2)12(5-10)8-15(19)11-6-13(17)9-14(18)7-11/h3-7,9H,8H2,1-2H3. The number of ketones is 1. The molecule has 0 radical (unpaired) electrons. The Bertz CT molecular complexity index is 631. The molecule has 2 nitrogen and oxygen atoms in total. The van der Waals surface area contributed by atoms with Gasteiger partial charge in [-0.3, -0.25) is 4.79 Å². The van der Waals surface area contributed by atoms with Gasteiger partial charge in [0.05, 0.1) is 7.11 Å². The second-order valence-electron chi connectivity index (χ2n) is 4.57. The van der Waals surface area contributed by atoms with E-state index in [4.69, 9.17) is 4.74 Å². The predicted molar refractivity (Wildman–Crippen MR) is 72.1 cm³/mol. The third kappa shape index (κ3) is 3.20. The highest BCUT2D eigenvalue weighted by molar-refractivity contribution is 5.97. The summed E-state index contributed by atoms with van der Waals surface area (Å²) in [4.78, 5) is 12.1. The third-order valence-corrected chi connectivity index (χ3v) is 2.97. The van der Waals surface area contributed by atoms with Gasteiger partial charge in [0.15, 0.2) is 5.78 Å². The van der Waals surface area contributed by atoms with Gasteiger partial charge >= 0.3 is 0 Å². The van der Waals surface area contributed by atoms with E-state index in [1.165, 1.54) is 7.11 Å². The largest absolute Gasteiger partial charge is 0.496 e. The number of carbonyl (C=O) groups is 1. The van der Waals surface area contributed by atoms with Crippen LogP contribution in [-0.4, -0.2) is 12.9 Å². The van der Waals surface area contributed by atoms with Crippen molar-refractivity contribution in [2.45, 2.75) is 13.3 Å². The number of halogens is 2. The minimum Gasteiger partial charge on any atom is -0.496 e. The van der Waals surface area contributed by atoms with Gasteiger partial charge in [-0.25, -0.2) is 8.78 Å². The average molecular weight is 276 g/mol. The maximum atomic E-state index is 13.1. The lowest BCUT2D eigenvalue weighted by Crippen LogP contribution is -2.06. The molecule has 0 unspecified atom stereocenters. The van der Waals surface area contributed by atoms with E-state index in [-0.39, 0.29) is 17.8 Å². The molecule has 2 rings (SSSR count). The van der Waals surface area contributed by atoms with E-state index in [2.05, 4.69) is 0 Å². The van der Waals surface area contributed by atoms with E-state index in [9.17, 15) is 13.6 Å². The molecule has 0 aliphatic heterocycles. The first-order valence-electron chi connectivity index (χ1n) is 6.12. The summed E-state index contributed by atoms with van der Waals surface area (Å²) >= 11 is 0. The smallest absolute Gasteiger partial charge is 0.167 e. The fraction of sp³-hybridized carbons (Fsp3) is 0.188. The summed E-state index contributed by atoms with van der Waals surface area (Å²) in [5.74, 6) is -1.29. The highest BCUT2D eigenvalue weighted by Crippen LogP contribution is 2.22. The molecular weight excluding hydrogens is 262 g/mol. The first-order valence-corrected chi connectivity index (χ1v) is 6.12. The number of aryl methyl sites for hydroxylation is 1. The molecule has 0 fully saturated rings. The molecule has 0 aliphatic carbocycles. The van der Waals surface area contributed by atoms with Crippen LogP contribution in [-0.2, 0) is 6.42 Å². The van der Waals surface area contributed by atoms with Crippen LogP contribution in [0.15, 0.2) is 36.4 Å². The highest BCUT2D eigenvalue weighted by Gasteiger charge is 2.13. The molecule has 4 heteroatoms. The Kier molecular flexibility index (Phi) is 4.13. The molecule has 0 atom stereocenters. The minimum atomic E-state index is -0.760. The third-order valence-electron chi connectivity index (χ3n) is 2.97. The fourth-order valence-electron chi connectivity index (χ4n) is 2.04. The van der Waals surface area contributed by atoms with E-state index in [1.807, 2.05) is 19.1 Å². The fourth-order valence-corrected chi connectivity index (χ4v) is 2.04. The zero-order chi connectivity index (χ0) is 14.7. The zero-order valence-corrected chi connectivity index (χ0v) is 11.2. The topological polar surface area (TPSA) is 26.3 Å². The second kappa shape index (κ2) is 5.82. The monoisotopic (exact) mass is 276 g/mol. The lowest BCUT2D eigenvalue weighted by Gasteiger charge is -2.09. The molecule has 0 bridgehead atoms. The van der Waals surface area contributed by atoms with Crippen molar-refractivity contribution in [3.05, 3.63) is 64.7 Å². The molecule has 0 spiro atoms. The number of hydrogen-bond donors (Lipinski definition) is 0. The van der Waals surface area contributed by atoms with E-state index in [0.29, 0.717) is 11.3 Å². The van der Waals surface area contributed by atoms with Gasteiger partial charge in [0.2, 0.25) is 0 Å². The summed E-state index contributed by atoms with van der Waals surface area (Å²) in [6.07, 6.45) is 0.0355. The molecule has 0 amide bonds. The maximum absolute atomic E-state index is 13.1. The van der Waals surface area contributed by atoms with Gasteiger partial charge in [0.1, 0.15) is 17.4 Å². The number of benzene rings is 2. The molecule has 0 saturated heterocycles. The van der Waals surface area contributed by atoms with E-state index in [0.717, 1.165) is 23.8 Å². The van der Waals surface area contributed by atoms with Gasteiger partial charge in [-0.05, 0) is 25.1 Å². The normalized spacial score (nSPS) is 10.4. The van der Waals surface area contributed by atoms with Gasteiger partial charge in [-0.2, -0.15) is 0 Å². The Morgan fingerprint density at radius 2 is 1.75 bits per heavy atom. The van der Waals surface area contributed by atoms with Crippen LogP contribution in [0.2, 0.25) is 0 Å². The van der Waals surface area contributed by atoms with Crippen LogP contribution >= 0.6 is 0 Å². The lowest BCUT2D eigenvalue weighted by atomic mass is 10.0. The van der Waals surface area contributed by atoms with Crippen LogP contribution in [0.25, 0.3) is 0 Å². The Morgan fingerprint density at radius 3 is 2.35 bits per heavy atom. The number of rotatable bonds is 4. The number of carbonyl (C=O) groups excluding carboxylic acids is 1. The molecule has 0 saturated carbocycles. The van der Waals surface area contributed by atoms with Crippen molar-refractivity contribution in [3.63, 3.8) is 0 Å². The summed E-state index contributed by atoms with van der Waals surface area (Å²) in [5.41, 5.74) is 1.70. The number of Topliss-reactive ketones (excluding diaryl/α,β-unsaturated/α-hetero) is 1. The number of ether oxygens (including phenoxy) is 1. The minimum absolute atomic E-state index is 0.0195. The molecule has 0 aliphatic rings. The van der Waals surface area contributed by atoms with Crippen molar-refractivity contribution in [1.82, 2.24) is 0 Å². The van der Waals surface area contributed by atoms with Crippen LogP contribution in [0, 0.1) is 18.6 Å². The number of hydrogen-bond acceptors (Lipinski definition) is 2. The number of methoxy groups -OCH3 is 1. The molecule has 2 aromatic rings. The van der Waals surface area contributed by atoms with Crippen LogP contribution in [0.3, 0.4) is 0 Å². The highest BCUT2D eigenvalue weighted by atomic mass is 19.1. The van der Waals surface area contributed by atoms with Crippen LogP contribution in [0.4, 0.5) is 8.78 Å². The molecule has 104 valence electrons. The van der Waals surface area contributed by atoms with Gasteiger partial charge < -0.3 is 4.74 Å². The molecule has 20 heavy (non-hydrogen) atoms. The van der Waals surface area contributed by atoms with Crippen LogP contribution in [0.1, 0.15) is 21.5 Å². The Hall–Kier alpha value is -2.23. The maximum Gasteiger partial charge on any atom is 0.167 e. The van der Waals surface area contributed by atoms with Crippen molar-refractivity contribution in [2.75, 3.05) is 7.11 Å². The van der Waals surface area contributed by atoms with Crippen LogP contribution in [0.5, 0.6) is 5.75 Å². The average Bonchev–Trinajstić information content (AvgIpc) is 2.37. The quantitative estimate of drug-likeness (QED) is 0.796. The molecular formula is C16H14F2O2. The molecule has 0 heterocycles. The Labute approximate surface area is 116 Å². The van der Waals surface area contributed by atoms with Crippen molar-refractivity contribution in [1.29, 1.82) is 0 Å². The molecule has 2 aromatic carbocycles. The van der Waals surface area contributed by atoms with Gasteiger partial charge in [0, 0.05) is 23.6 Å². The van der Waals surface area contributed by atoms with Crippen molar-refractivity contribution in [2.24, 2.45) is 0 Å². The van der Waals surface area contributed by atoms with E-state index in [1.54, 1.807) is 6.07 Å². The molecule has 0 N–H and O–H groups in total. The van der Waals surface area contributed by atoms with E-state index < -0.39 is 11.6 Å². The first-order chi connectivity index (χ1) is 9.49. The van der Waals surface area contributed by atoms with Gasteiger partial charge in [-0.15, -0.1) is 0 Å². The molecule has 0 aromatic heterocycles. The van der Waals surface area contributed by atoms with E-state index >= 15 is 0 Å². The summed E-state index contributed by atoms with van der Waals surface area (Å²) in [5, 5.41) is 0. The van der Waals surface area contributed by atoms with Gasteiger partial charge in [-0.1, -0.05) is 17.7 Å². The zero-order valence-electron chi connectivity index (χ0n) is 11.2. The summed E-state index contributed by atoms with van der Waals surface area (Å²) in [6.45, 7) is 1.90. The summed E-state index contributed by atoms with van der Waals surface area (Å²) < 4.78 is 31.4. The van der Waals surface area contributed by atoms with Gasteiger partial charge in [0.25, 0.3) is 0 Å². The van der Waals surface area contributed by atoms with Crippen LogP contribution < -0.4 is 4.74 Å². The predicted octanol–water partition coefficient (Wildman–Crippen LogP) is 3.71. The second-order valence-corrected chi connectivity index (χ2v) is 4.57.